The first kappa shape index (κ1) is 16.1. The molecular weight excluding hydrogens is 298 g/mol. The Hall–Kier alpha value is -1.42. The molecule has 3 unspecified atom stereocenters. The van der Waals surface area contributed by atoms with E-state index in [1.807, 2.05) is 18.5 Å². The smallest absolute Gasteiger partial charge is 0.225 e. The minimum atomic E-state index is 0.330. The van der Waals surface area contributed by atoms with Gasteiger partial charge in [0.2, 0.25) is 5.91 Å². The quantitative estimate of drug-likeness (QED) is 0.853. The molecule has 3 fully saturated rings. The van der Waals surface area contributed by atoms with Crippen molar-refractivity contribution < 1.29 is 4.79 Å². The van der Waals surface area contributed by atoms with Crippen molar-refractivity contribution in [2.24, 2.45) is 23.7 Å². The number of fused-ring (bicyclic) bond motifs is 1. The van der Waals surface area contributed by atoms with E-state index in [1.54, 1.807) is 0 Å². The zero-order chi connectivity index (χ0) is 16.7. The molecule has 4 rings (SSSR count). The van der Waals surface area contributed by atoms with Crippen molar-refractivity contribution in [2.45, 2.75) is 45.2 Å². The van der Waals surface area contributed by atoms with Gasteiger partial charge in [0, 0.05) is 44.0 Å². The second-order valence-corrected chi connectivity index (χ2v) is 8.26. The van der Waals surface area contributed by atoms with Crippen molar-refractivity contribution in [3.8, 4) is 0 Å². The first-order valence-corrected chi connectivity index (χ1v) is 9.51. The predicted molar refractivity (Wildman–Crippen MR) is 94.2 cm³/mol. The summed E-state index contributed by atoms with van der Waals surface area (Å²) in [6, 6.07) is 4.76. The Bertz CT molecular complexity index is 590. The van der Waals surface area contributed by atoms with E-state index in [1.165, 1.54) is 24.8 Å². The van der Waals surface area contributed by atoms with E-state index in [0.29, 0.717) is 35.6 Å². The number of carbonyl (C=O) groups is 1. The van der Waals surface area contributed by atoms with Crippen LogP contribution in [0.1, 0.15) is 38.2 Å². The molecule has 2 aliphatic carbocycles. The van der Waals surface area contributed by atoms with Crippen LogP contribution in [0.5, 0.6) is 0 Å². The highest BCUT2D eigenvalue weighted by atomic mass is 16.2. The van der Waals surface area contributed by atoms with Gasteiger partial charge in [-0.1, -0.05) is 19.4 Å². The number of aromatic nitrogens is 1. The summed E-state index contributed by atoms with van der Waals surface area (Å²) in [6.07, 6.45) is 8.76. The fourth-order valence-corrected chi connectivity index (χ4v) is 4.97. The number of amides is 1. The Kier molecular flexibility index (Phi) is 4.33. The number of hydrogen-bond acceptors (Lipinski definition) is 3. The molecule has 1 saturated heterocycles. The van der Waals surface area contributed by atoms with Gasteiger partial charge in [-0.15, -0.1) is 0 Å². The van der Waals surface area contributed by atoms with Crippen LogP contribution in [-0.2, 0) is 11.3 Å². The molecule has 5 atom stereocenters. The maximum absolute atomic E-state index is 12.6. The number of nitrogens with zero attached hydrogens (tertiary/aromatic N) is 3. The van der Waals surface area contributed by atoms with E-state index in [4.69, 9.17) is 0 Å². The summed E-state index contributed by atoms with van der Waals surface area (Å²) in [7, 11) is 2.24. The van der Waals surface area contributed by atoms with Gasteiger partial charge in [0.25, 0.3) is 0 Å². The van der Waals surface area contributed by atoms with Crippen molar-refractivity contribution in [3.63, 3.8) is 0 Å². The Morgan fingerprint density at radius 3 is 2.92 bits per heavy atom. The fourth-order valence-electron chi connectivity index (χ4n) is 4.97. The van der Waals surface area contributed by atoms with Gasteiger partial charge in [-0.25, -0.2) is 0 Å². The summed E-state index contributed by atoms with van der Waals surface area (Å²) in [6.45, 7) is 5.14. The van der Waals surface area contributed by atoms with E-state index < -0.39 is 0 Å². The summed E-state index contributed by atoms with van der Waals surface area (Å²) in [5.41, 5.74) is 1.28. The van der Waals surface area contributed by atoms with Gasteiger partial charge < -0.3 is 4.90 Å². The molecule has 4 nitrogen and oxygen atoms in total. The highest BCUT2D eigenvalue weighted by molar-refractivity contribution is 5.81. The lowest BCUT2D eigenvalue weighted by Gasteiger charge is -2.39. The maximum atomic E-state index is 12.6. The molecule has 0 aromatic carbocycles. The molecule has 2 saturated carbocycles. The van der Waals surface area contributed by atoms with Gasteiger partial charge in [-0.2, -0.15) is 0 Å². The second kappa shape index (κ2) is 6.47. The van der Waals surface area contributed by atoms with Gasteiger partial charge in [-0.05, 0) is 55.7 Å². The first-order chi connectivity index (χ1) is 11.6. The highest BCUT2D eigenvalue weighted by Crippen LogP contribution is 2.43. The van der Waals surface area contributed by atoms with Crippen molar-refractivity contribution >= 4 is 5.91 Å². The Labute approximate surface area is 145 Å². The van der Waals surface area contributed by atoms with E-state index in [9.17, 15) is 4.79 Å². The zero-order valence-electron chi connectivity index (χ0n) is 14.9. The van der Waals surface area contributed by atoms with Crippen LogP contribution in [0.4, 0.5) is 0 Å². The van der Waals surface area contributed by atoms with E-state index in [0.717, 1.165) is 26.1 Å². The fraction of sp³-hybridized carbons (Fsp3) is 0.700. The Morgan fingerprint density at radius 1 is 1.38 bits per heavy atom. The highest BCUT2D eigenvalue weighted by Gasteiger charge is 2.47. The number of rotatable bonds is 4. The average molecular weight is 327 g/mol. The zero-order valence-corrected chi connectivity index (χ0v) is 14.9. The minimum absolute atomic E-state index is 0.330. The van der Waals surface area contributed by atoms with Crippen molar-refractivity contribution in [2.75, 3.05) is 20.1 Å². The summed E-state index contributed by atoms with van der Waals surface area (Å²) in [4.78, 5) is 21.6. The van der Waals surface area contributed by atoms with Crippen molar-refractivity contribution in [1.29, 1.82) is 0 Å². The lowest BCUT2D eigenvalue weighted by atomic mass is 9.77. The number of pyridine rings is 1. The summed E-state index contributed by atoms with van der Waals surface area (Å²) in [5.74, 6) is 2.74. The van der Waals surface area contributed by atoms with Crippen LogP contribution in [0, 0.1) is 23.7 Å². The third-order valence-electron chi connectivity index (χ3n) is 6.52. The molecule has 0 radical (unpaired) electrons. The second-order valence-electron chi connectivity index (χ2n) is 8.26. The van der Waals surface area contributed by atoms with Crippen molar-refractivity contribution in [1.82, 2.24) is 14.8 Å². The van der Waals surface area contributed by atoms with Gasteiger partial charge >= 0.3 is 0 Å². The molecule has 0 spiro atoms. The standard InChI is InChI=1S/C20H29N3O/c1-14-9-17(14)20(24)23-12-16-6-3-7-19(18(16)13-23)22(2)11-15-5-4-8-21-10-15/h4-5,8,10,14,16-19H,3,6-7,9,11-13H2,1-2H3/t14?,16-,17?,18+,19?/m1/s1. The normalized spacial score (nSPS) is 35.1. The molecule has 1 aromatic rings. The molecule has 2 heterocycles. The van der Waals surface area contributed by atoms with Crippen molar-refractivity contribution in [3.05, 3.63) is 30.1 Å². The lowest BCUT2D eigenvalue weighted by Crippen LogP contribution is -2.43. The number of carbonyl (C=O) groups excluding carboxylic acids is 1. The largest absolute Gasteiger partial charge is 0.342 e. The van der Waals surface area contributed by atoms with Crippen LogP contribution in [0.2, 0.25) is 0 Å². The average Bonchev–Trinajstić information content (AvgIpc) is 3.16. The predicted octanol–water partition coefficient (Wildman–Crippen LogP) is 2.80. The third kappa shape index (κ3) is 3.08. The molecular formula is C20H29N3O. The molecule has 1 aromatic heterocycles. The Morgan fingerprint density at radius 2 is 2.21 bits per heavy atom. The topological polar surface area (TPSA) is 36.4 Å². The Balaban J connectivity index is 1.42. The molecule has 1 amide bonds. The first-order valence-electron chi connectivity index (χ1n) is 9.51. The van der Waals surface area contributed by atoms with Crippen LogP contribution >= 0.6 is 0 Å². The summed E-state index contributed by atoms with van der Waals surface area (Å²) in [5, 5.41) is 0. The van der Waals surface area contributed by atoms with Crippen LogP contribution in [0.25, 0.3) is 0 Å². The van der Waals surface area contributed by atoms with Crippen LogP contribution < -0.4 is 0 Å². The van der Waals surface area contributed by atoms with Gasteiger partial charge in [0.05, 0.1) is 0 Å². The van der Waals surface area contributed by atoms with Gasteiger partial charge in [0.1, 0.15) is 0 Å². The van der Waals surface area contributed by atoms with E-state index >= 15 is 0 Å². The van der Waals surface area contributed by atoms with Crippen LogP contribution in [0.3, 0.4) is 0 Å². The number of likely N-dealkylation sites (tertiary alicyclic amines) is 1. The number of hydrogen-bond donors (Lipinski definition) is 0. The SMILES string of the molecule is CC1CC1C(=O)N1C[C@H]2CCCC(N(C)Cc3cccnc3)[C@H]2C1. The van der Waals surface area contributed by atoms with Crippen LogP contribution in [0.15, 0.2) is 24.5 Å². The summed E-state index contributed by atoms with van der Waals surface area (Å²) < 4.78 is 0. The molecule has 0 bridgehead atoms. The lowest BCUT2D eigenvalue weighted by molar-refractivity contribution is -0.132. The molecule has 3 aliphatic rings. The molecule has 130 valence electrons. The molecule has 4 heteroatoms. The van der Waals surface area contributed by atoms with E-state index in [2.05, 4.69) is 34.8 Å². The molecule has 0 N–H and O–H groups in total. The maximum Gasteiger partial charge on any atom is 0.225 e. The monoisotopic (exact) mass is 327 g/mol. The molecule has 24 heavy (non-hydrogen) atoms. The summed E-state index contributed by atoms with van der Waals surface area (Å²) >= 11 is 0. The van der Waals surface area contributed by atoms with Crippen LogP contribution in [-0.4, -0.2) is 46.9 Å². The molecule has 1 aliphatic heterocycles. The van der Waals surface area contributed by atoms with Gasteiger partial charge in [0.15, 0.2) is 0 Å². The van der Waals surface area contributed by atoms with Gasteiger partial charge in [-0.3, -0.25) is 14.7 Å². The third-order valence-corrected chi connectivity index (χ3v) is 6.52. The van der Waals surface area contributed by atoms with E-state index in [-0.39, 0.29) is 0 Å². The minimum Gasteiger partial charge on any atom is -0.342 e.